The maximum Gasteiger partial charge on any atom is 0.335 e. The number of ether oxygens (including phenoxy) is 1. The number of aromatic carboxylic acids is 1. The van der Waals surface area contributed by atoms with Gasteiger partial charge in [-0.2, -0.15) is 5.10 Å². The molecule has 0 spiro atoms. The minimum Gasteiger partial charge on any atom is -0.494 e. The molecular formula is C20H23BrN2O3. The van der Waals surface area contributed by atoms with E-state index < -0.39 is 5.97 Å². The Balaban J connectivity index is 1.84. The first-order valence-corrected chi connectivity index (χ1v) is 9.72. The van der Waals surface area contributed by atoms with Crippen molar-refractivity contribution >= 4 is 32.8 Å². The fourth-order valence-corrected chi connectivity index (χ4v) is 3.75. The quantitative estimate of drug-likeness (QED) is 0.677. The Morgan fingerprint density at radius 1 is 1.38 bits per heavy atom. The van der Waals surface area contributed by atoms with Crippen LogP contribution in [-0.4, -0.2) is 27.0 Å². The second kappa shape index (κ2) is 8.08. The molecule has 0 aliphatic heterocycles. The second-order valence-electron chi connectivity index (χ2n) is 6.55. The van der Waals surface area contributed by atoms with Gasteiger partial charge in [0.1, 0.15) is 5.76 Å². The molecule has 1 heterocycles. The lowest BCUT2D eigenvalue weighted by Crippen LogP contribution is -2.21. The molecule has 0 saturated heterocycles. The third-order valence-electron chi connectivity index (χ3n) is 4.77. The summed E-state index contributed by atoms with van der Waals surface area (Å²) in [5.74, 6) is 0.259. The van der Waals surface area contributed by atoms with Crippen LogP contribution in [0.3, 0.4) is 0 Å². The van der Waals surface area contributed by atoms with Crippen molar-refractivity contribution in [3.05, 3.63) is 52.4 Å². The average Bonchev–Trinajstić information content (AvgIpc) is 3.03. The van der Waals surface area contributed by atoms with Crippen LogP contribution < -0.4 is 0 Å². The number of allylic oxidation sites excluding steroid dienone is 4. The van der Waals surface area contributed by atoms with E-state index in [0.717, 1.165) is 40.4 Å². The number of fused-ring (bicyclic) bond motifs is 1. The van der Waals surface area contributed by atoms with Crippen LogP contribution in [0, 0.1) is 5.92 Å². The van der Waals surface area contributed by atoms with Gasteiger partial charge in [-0.1, -0.05) is 29.8 Å². The summed E-state index contributed by atoms with van der Waals surface area (Å²) in [7, 11) is 0. The zero-order valence-corrected chi connectivity index (χ0v) is 16.6. The van der Waals surface area contributed by atoms with Crippen LogP contribution >= 0.6 is 15.9 Å². The van der Waals surface area contributed by atoms with Gasteiger partial charge in [-0.05, 0) is 54.1 Å². The van der Waals surface area contributed by atoms with Crippen molar-refractivity contribution in [2.24, 2.45) is 5.92 Å². The number of carboxylic acid groups (broad SMARTS) is 1. The fraction of sp³-hybridized carbons (Fsp3) is 0.400. The number of benzene rings is 1. The molecule has 1 aliphatic carbocycles. The van der Waals surface area contributed by atoms with E-state index in [1.807, 2.05) is 16.8 Å². The first kappa shape index (κ1) is 18.7. The van der Waals surface area contributed by atoms with Gasteiger partial charge in [-0.25, -0.2) is 4.79 Å². The van der Waals surface area contributed by atoms with E-state index in [0.29, 0.717) is 6.54 Å². The van der Waals surface area contributed by atoms with E-state index in [-0.39, 0.29) is 17.6 Å². The molecule has 0 fully saturated rings. The highest BCUT2D eigenvalue weighted by molar-refractivity contribution is 9.11. The normalized spacial score (nSPS) is 17.3. The monoisotopic (exact) mass is 418 g/mol. The second-order valence-corrected chi connectivity index (χ2v) is 7.56. The predicted molar refractivity (Wildman–Crippen MR) is 105 cm³/mol. The van der Waals surface area contributed by atoms with Crippen molar-refractivity contribution < 1.29 is 14.6 Å². The lowest BCUT2D eigenvalue weighted by atomic mass is 9.98. The number of aromatic nitrogens is 2. The van der Waals surface area contributed by atoms with Gasteiger partial charge in [0.05, 0.1) is 29.9 Å². The molecular weight excluding hydrogens is 396 g/mol. The smallest absolute Gasteiger partial charge is 0.335 e. The minimum absolute atomic E-state index is 0.192. The summed E-state index contributed by atoms with van der Waals surface area (Å²) in [6, 6.07) is 5.11. The Morgan fingerprint density at radius 3 is 2.85 bits per heavy atom. The van der Waals surface area contributed by atoms with Crippen LogP contribution in [0.4, 0.5) is 0 Å². The van der Waals surface area contributed by atoms with E-state index >= 15 is 0 Å². The summed E-state index contributed by atoms with van der Waals surface area (Å²) in [6.45, 7) is 4.96. The van der Waals surface area contributed by atoms with Crippen LogP contribution in [0.15, 0.2) is 46.8 Å². The van der Waals surface area contributed by atoms with Crippen LogP contribution in [0.2, 0.25) is 0 Å². The Kier molecular flexibility index (Phi) is 5.81. The maximum atomic E-state index is 11.1. The van der Waals surface area contributed by atoms with Crippen LogP contribution in [-0.2, 0) is 11.3 Å². The van der Waals surface area contributed by atoms with Gasteiger partial charge in [0, 0.05) is 11.3 Å². The third-order valence-corrected chi connectivity index (χ3v) is 5.36. The highest BCUT2D eigenvalue weighted by Gasteiger charge is 2.23. The number of hydrogen-bond acceptors (Lipinski definition) is 3. The van der Waals surface area contributed by atoms with Crippen molar-refractivity contribution in [1.82, 2.24) is 9.78 Å². The van der Waals surface area contributed by atoms with Crippen molar-refractivity contribution in [3.8, 4) is 0 Å². The molecule has 0 bridgehead atoms. The van der Waals surface area contributed by atoms with Crippen molar-refractivity contribution in [3.63, 3.8) is 0 Å². The summed E-state index contributed by atoms with van der Waals surface area (Å²) in [5, 5.41) is 14.5. The lowest BCUT2D eigenvalue weighted by Gasteiger charge is -2.27. The van der Waals surface area contributed by atoms with Crippen molar-refractivity contribution in [2.75, 3.05) is 0 Å². The van der Waals surface area contributed by atoms with Gasteiger partial charge in [0.25, 0.3) is 0 Å². The molecule has 1 aromatic heterocycles. The molecule has 2 aromatic rings. The largest absolute Gasteiger partial charge is 0.494 e. The topological polar surface area (TPSA) is 64.4 Å². The summed E-state index contributed by atoms with van der Waals surface area (Å²) < 4.78 is 9.31. The SMILES string of the molecule is CCC(CC)OC1=CC=C(Br)CC1Cn1ncc2cc(C(=O)O)ccc21. The van der Waals surface area contributed by atoms with Gasteiger partial charge in [-0.15, -0.1) is 0 Å². The average molecular weight is 419 g/mol. The van der Waals surface area contributed by atoms with Gasteiger partial charge >= 0.3 is 5.97 Å². The molecule has 5 nitrogen and oxygen atoms in total. The molecule has 1 N–H and O–H groups in total. The Morgan fingerprint density at radius 2 is 2.15 bits per heavy atom. The number of halogens is 1. The van der Waals surface area contributed by atoms with Crippen LogP contribution in [0.5, 0.6) is 0 Å². The lowest BCUT2D eigenvalue weighted by molar-refractivity contribution is 0.0697. The van der Waals surface area contributed by atoms with Crippen LogP contribution in [0.25, 0.3) is 10.9 Å². The Labute approximate surface area is 161 Å². The molecule has 0 radical (unpaired) electrons. The molecule has 138 valence electrons. The molecule has 0 saturated carbocycles. The zero-order chi connectivity index (χ0) is 18.7. The highest BCUT2D eigenvalue weighted by atomic mass is 79.9. The number of rotatable bonds is 7. The maximum absolute atomic E-state index is 11.1. The summed E-state index contributed by atoms with van der Waals surface area (Å²) in [6.07, 6.45) is 8.87. The zero-order valence-electron chi connectivity index (χ0n) is 15.0. The summed E-state index contributed by atoms with van der Waals surface area (Å²) in [5.41, 5.74) is 1.21. The molecule has 1 aliphatic rings. The van der Waals surface area contributed by atoms with E-state index in [2.05, 4.69) is 41.0 Å². The molecule has 1 aromatic carbocycles. The number of carboxylic acids is 1. The van der Waals surface area contributed by atoms with Gasteiger partial charge in [-0.3, -0.25) is 4.68 Å². The van der Waals surface area contributed by atoms with Gasteiger partial charge < -0.3 is 9.84 Å². The fourth-order valence-electron chi connectivity index (χ4n) is 3.22. The van der Waals surface area contributed by atoms with Crippen molar-refractivity contribution in [2.45, 2.75) is 45.8 Å². The van der Waals surface area contributed by atoms with Gasteiger partial charge in [0.15, 0.2) is 0 Å². The Bertz CT molecular complexity index is 865. The molecule has 0 amide bonds. The first-order chi connectivity index (χ1) is 12.5. The minimum atomic E-state index is -0.926. The predicted octanol–water partition coefficient (Wildman–Crippen LogP) is 5.12. The number of hydrogen-bond donors (Lipinski definition) is 1. The summed E-state index contributed by atoms with van der Waals surface area (Å²) in [4.78, 5) is 11.1. The van der Waals surface area contributed by atoms with E-state index in [9.17, 15) is 4.79 Å². The van der Waals surface area contributed by atoms with Gasteiger partial charge in [0.2, 0.25) is 0 Å². The summed E-state index contributed by atoms with van der Waals surface area (Å²) >= 11 is 3.60. The van der Waals surface area contributed by atoms with E-state index in [1.54, 1.807) is 18.3 Å². The van der Waals surface area contributed by atoms with E-state index in [4.69, 9.17) is 9.84 Å². The molecule has 26 heavy (non-hydrogen) atoms. The molecule has 1 unspecified atom stereocenters. The Hall–Kier alpha value is -2.08. The van der Waals surface area contributed by atoms with Crippen LogP contribution in [0.1, 0.15) is 43.5 Å². The molecule has 1 atom stereocenters. The van der Waals surface area contributed by atoms with E-state index in [1.165, 1.54) is 0 Å². The van der Waals surface area contributed by atoms with Crippen molar-refractivity contribution in [1.29, 1.82) is 0 Å². The standard InChI is InChI=1S/C20H23BrN2O3/c1-3-17(4-2)26-19-8-6-16(21)10-15(19)12-23-18-7-5-13(20(24)25)9-14(18)11-22-23/h5-9,11,15,17H,3-4,10,12H2,1-2H3,(H,24,25). The molecule has 6 heteroatoms. The highest BCUT2D eigenvalue weighted by Crippen LogP contribution is 2.32. The third kappa shape index (κ3) is 4.01. The number of carbonyl (C=O) groups is 1. The number of nitrogens with zero attached hydrogens (tertiary/aromatic N) is 2. The molecule has 3 rings (SSSR count). The first-order valence-electron chi connectivity index (χ1n) is 8.93.